The van der Waals surface area contributed by atoms with Crippen LogP contribution in [-0.4, -0.2) is 21.5 Å². The summed E-state index contributed by atoms with van der Waals surface area (Å²) in [5.74, 6) is 0.838. The number of aryl methyl sites for hydroxylation is 2. The van der Waals surface area contributed by atoms with Crippen molar-refractivity contribution in [2.75, 3.05) is 6.61 Å². The molecule has 1 unspecified atom stereocenters. The highest BCUT2D eigenvalue weighted by molar-refractivity contribution is 5.35. The highest BCUT2D eigenvalue weighted by Gasteiger charge is 2.17. The molecule has 1 heterocycles. The average molecular weight is 274 g/mol. The number of aliphatic hydroxyl groups is 1. The lowest BCUT2D eigenvalue weighted by atomic mass is 10.0. The maximum Gasteiger partial charge on any atom is 0.119 e. The fourth-order valence-electron chi connectivity index (χ4n) is 2.20. The molecule has 0 saturated carbocycles. The summed E-state index contributed by atoms with van der Waals surface area (Å²) in [6.45, 7) is 4.83. The first-order valence-electron chi connectivity index (χ1n) is 7.09. The fraction of sp³-hybridized carbons (Fsp3) is 0.438. The molecular formula is C16H22N2O2. The summed E-state index contributed by atoms with van der Waals surface area (Å²) < 4.78 is 7.29. The molecule has 4 nitrogen and oxygen atoms in total. The molecule has 0 radical (unpaired) electrons. The van der Waals surface area contributed by atoms with E-state index in [0.717, 1.165) is 35.4 Å². The van der Waals surface area contributed by atoms with Crippen LogP contribution in [0.15, 0.2) is 30.5 Å². The maximum absolute atomic E-state index is 10.5. The molecule has 0 fully saturated rings. The summed E-state index contributed by atoms with van der Waals surface area (Å²) >= 11 is 0. The Morgan fingerprint density at radius 2 is 1.95 bits per heavy atom. The second-order valence-electron chi connectivity index (χ2n) is 4.88. The zero-order valence-electron chi connectivity index (χ0n) is 12.3. The van der Waals surface area contributed by atoms with Crippen LogP contribution in [0.1, 0.15) is 43.2 Å². The third-order valence-electron chi connectivity index (χ3n) is 3.24. The van der Waals surface area contributed by atoms with Crippen LogP contribution >= 0.6 is 0 Å². The molecule has 0 amide bonds. The minimum atomic E-state index is -0.640. The van der Waals surface area contributed by atoms with Gasteiger partial charge in [0.05, 0.1) is 12.3 Å². The first-order chi connectivity index (χ1) is 9.65. The topological polar surface area (TPSA) is 47.3 Å². The molecule has 20 heavy (non-hydrogen) atoms. The Balaban J connectivity index is 2.17. The summed E-state index contributed by atoms with van der Waals surface area (Å²) in [6.07, 6.45) is 3.04. The zero-order valence-corrected chi connectivity index (χ0v) is 12.3. The normalized spacial score (nSPS) is 12.4. The monoisotopic (exact) mass is 274 g/mol. The number of ether oxygens (including phenoxy) is 1. The van der Waals surface area contributed by atoms with Crippen LogP contribution in [0.2, 0.25) is 0 Å². The Hall–Kier alpha value is -1.81. The van der Waals surface area contributed by atoms with Crippen molar-refractivity contribution < 1.29 is 9.84 Å². The van der Waals surface area contributed by atoms with Crippen molar-refractivity contribution in [3.63, 3.8) is 0 Å². The van der Waals surface area contributed by atoms with Crippen LogP contribution in [0, 0.1) is 0 Å². The third kappa shape index (κ3) is 3.20. The van der Waals surface area contributed by atoms with E-state index < -0.39 is 6.10 Å². The van der Waals surface area contributed by atoms with E-state index >= 15 is 0 Å². The highest BCUT2D eigenvalue weighted by atomic mass is 16.5. The standard InChI is InChI=1S/C16H22N2O2/c1-4-10-20-13-8-6-12(7-9-13)16(19)14-11-18(3)17-15(14)5-2/h6-9,11,16,19H,4-5,10H2,1-3H3. The third-order valence-corrected chi connectivity index (χ3v) is 3.24. The number of hydrogen-bond donors (Lipinski definition) is 1. The molecule has 1 N–H and O–H groups in total. The van der Waals surface area contributed by atoms with Gasteiger partial charge in [-0.25, -0.2) is 0 Å². The molecule has 0 spiro atoms. The van der Waals surface area contributed by atoms with Crippen molar-refractivity contribution >= 4 is 0 Å². The van der Waals surface area contributed by atoms with Gasteiger partial charge in [0, 0.05) is 18.8 Å². The summed E-state index contributed by atoms with van der Waals surface area (Å²) in [4.78, 5) is 0. The number of benzene rings is 1. The predicted molar refractivity (Wildman–Crippen MR) is 78.9 cm³/mol. The largest absolute Gasteiger partial charge is 0.494 e. The lowest BCUT2D eigenvalue weighted by Crippen LogP contribution is -2.02. The van der Waals surface area contributed by atoms with Gasteiger partial charge < -0.3 is 9.84 Å². The molecule has 4 heteroatoms. The zero-order chi connectivity index (χ0) is 14.5. The van der Waals surface area contributed by atoms with E-state index in [0.29, 0.717) is 6.61 Å². The molecular weight excluding hydrogens is 252 g/mol. The number of nitrogens with zero attached hydrogens (tertiary/aromatic N) is 2. The molecule has 108 valence electrons. The second kappa shape index (κ2) is 6.57. The molecule has 0 bridgehead atoms. The van der Waals surface area contributed by atoms with Gasteiger partial charge in [-0.05, 0) is 30.5 Å². The molecule has 1 atom stereocenters. The second-order valence-corrected chi connectivity index (χ2v) is 4.88. The minimum absolute atomic E-state index is 0.640. The summed E-state index contributed by atoms with van der Waals surface area (Å²) in [6, 6.07) is 7.61. The van der Waals surface area contributed by atoms with E-state index in [2.05, 4.69) is 12.0 Å². The Bertz CT molecular complexity index is 546. The molecule has 0 aliphatic heterocycles. The number of aromatic nitrogens is 2. The molecule has 0 aliphatic rings. The lowest BCUT2D eigenvalue weighted by Gasteiger charge is -2.12. The van der Waals surface area contributed by atoms with Gasteiger partial charge in [0.1, 0.15) is 11.9 Å². The van der Waals surface area contributed by atoms with Crippen molar-refractivity contribution in [1.29, 1.82) is 0 Å². The van der Waals surface area contributed by atoms with Gasteiger partial charge in [-0.3, -0.25) is 4.68 Å². The Morgan fingerprint density at radius 3 is 2.55 bits per heavy atom. The van der Waals surface area contributed by atoms with Crippen molar-refractivity contribution in [3.05, 3.63) is 47.3 Å². The average Bonchev–Trinajstić information content (AvgIpc) is 2.86. The number of aliphatic hydroxyl groups excluding tert-OH is 1. The SMILES string of the molecule is CCCOc1ccc(C(O)c2cn(C)nc2CC)cc1. The van der Waals surface area contributed by atoms with Crippen LogP contribution < -0.4 is 4.74 Å². The van der Waals surface area contributed by atoms with Gasteiger partial charge in [0.2, 0.25) is 0 Å². The number of rotatable bonds is 6. The quantitative estimate of drug-likeness (QED) is 0.881. The molecule has 2 aromatic rings. The fourth-order valence-corrected chi connectivity index (χ4v) is 2.20. The van der Waals surface area contributed by atoms with Crippen molar-refractivity contribution in [1.82, 2.24) is 9.78 Å². The molecule has 1 aromatic heterocycles. The van der Waals surface area contributed by atoms with E-state index in [-0.39, 0.29) is 0 Å². The Morgan fingerprint density at radius 1 is 1.25 bits per heavy atom. The molecule has 1 aromatic carbocycles. The first-order valence-corrected chi connectivity index (χ1v) is 7.09. The first kappa shape index (κ1) is 14.6. The summed E-state index contributed by atoms with van der Waals surface area (Å²) in [5.41, 5.74) is 2.67. The van der Waals surface area contributed by atoms with Gasteiger partial charge in [-0.1, -0.05) is 26.0 Å². The Kier molecular flexibility index (Phi) is 4.79. The van der Waals surface area contributed by atoms with Crippen LogP contribution in [0.3, 0.4) is 0 Å². The maximum atomic E-state index is 10.5. The lowest BCUT2D eigenvalue weighted by molar-refractivity contribution is 0.219. The van der Waals surface area contributed by atoms with Gasteiger partial charge in [-0.2, -0.15) is 5.10 Å². The molecule has 0 saturated heterocycles. The van der Waals surface area contributed by atoms with Crippen molar-refractivity contribution in [2.24, 2.45) is 7.05 Å². The number of hydrogen-bond acceptors (Lipinski definition) is 3. The van der Waals surface area contributed by atoms with Crippen molar-refractivity contribution in [2.45, 2.75) is 32.8 Å². The van der Waals surface area contributed by atoms with E-state index in [4.69, 9.17) is 4.74 Å². The van der Waals surface area contributed by atoms with E-state index in [9.17, 15) is 5.11 Å². The van der Waals surface area contributed by atoms with E-state index in [1.54, 1.807) is 4.68 Å². The van der Waals surface area contributed by atoms with Crippen LogP contribution in [0.4, 0.5) is 0 Å². The van der Waals surface area contributed by atoms with Crippen LogP contribution in [-0.2, 0) is 13.5 Å². The summed E-state index contributed by atoms with van der Waals surface area (Å²) in [7, 11) is 1.87. The minimum Gasteiger partial charge on any atom is -0.494 e. The van der Waals surface area contributed by atoms with Gasteiger partial charge >= 0.3 is 0 Å². The predicted octanol–water partition coefficient (Wildman–Crippen LogP) is 2.85. The van der Waals surface area contributed by atoms with E-state index in [1.165, 1.54) is 0 Å². The van der Waals surface area contributed by atoms with Crippen LogP contribution in [0.5, 0.6) is 5.75 Å². The van der Waals surface area contributed by atoms with Gasteiger partial charge in [0.25, 0.3) is 0 Å². The van der Waals surface area contributed by atoms with E-state index in [1.807, 2.05) is 44.4 Å². The smallest absolute Gasteiger partial charge is 0.119 e. The summed E-state index contributed by atoms with van der Waals surface area (Å²) in [5, 5.41) is 14.9. The van der Waals surface area contributed by atoms with Crippen LogP contribution in [0.25, 0.3) is 0 Å². The van der Waals surface area contributed by atoms with Gasteiger partial charge in [0.15, 0.2) is 0 Å². The Labute approximate surface area is 120 Å². The molecule has 0 aliphatic carbocycles. The molecule has 2 rings (SSSR count). The highest BCUT2D eigenvalue weighted by Crippen LogP contribution is 2.26. The van der Waals surface area contributed by atoms with Gasteiger partial charge in [-0.15, -0.1) is 0 Å². The van der Waals surface area contributed by atoms with Crippen molar-refractivity contribution in [3.8, 4) is 5.75 Å².